The topological polar surface area (TPSA) is 13.1 Å². The van der Waals surface area contributed by atoms with Crippen molar-refractivity contribution in [3.8, 4) is 44.5 Å². The normalized spacial score (nSPS) is 19.8. The zero-order valence-electron chi connectivity index (χ0n) is 45.2. The Kier molecular flexibility index (Phi) is 3.26. The first-order valence-corrected chi connectivity index (χ1v) is 13.3. The van der Waals surface area contributed by atoms with Gasteiger partial charge in [0.25, 0.3) is 0 Å². The van der Waals surface area contributed by atoms with Crippen molar-refractivity contribution in [2.75, 3.05) is 0 Å². The molecule has 0 bridgehead atoms. The maximum absolute atomic E-state index is 9.41. The number of para-hydroxylation sites is 1. The predicted octanol–water partition coefficient (Wildman–Crippen LogP) is 12.8. The third-order valence-corrected chi connectivity index (χ3v) is 7.33. The lowest BCUT2D eigenvalue weighted by molar-refractivity contribution is 0.669. The van der Waals surface area contributed by atoms with E-state index in [1.54, 1.807) is 24.3 Å². The lowest BCUT2D eigenvalue weighted by Crippen LogP contribution is -2.02. The van der Waals surface area contributed by atoms with Gasteiger partial charge in [-0.3, -0.25) is 0 Å². The van der Waals surface area contributed by atoms with Gasteiger partial charge >= 0.3 is 0 Å². The number of furan rings is 1. The van der Waals surface area contributed by atoms with Gasteiger partial charge in [0.2, 0.25) is 0 Å². The highest BCUT2D eigenvalue weighted by atomic mass is 16.3. The zero-order chi connectivity index (χ0) is 49.4. The van der Waals surface area contributed by atoms with Crippen LogP contribution in [0.15, 0.2) is 152 Å². The molecule has 1 heterocycles. The van der Waals surface area contributed by atoms with Crippen molar-refractivity contribution >= 4 is 46.1 Å². The van der Waals surface area contributed by atoms with Crippen LogP contribution >= 0.6 is 0 Å². The van der Waals surface area contributed by atoms with E-state index >= 15 is 0 Å². The molecule has 1 heteroatoms. The average molecular weight is 599 g/mol. The molecule has 0 aliphatic rings. The first-order chi connectivity index (χ1) is 31.6. The van der Waals surface area contributed by atoms with Crippen LogP contribution in [0, 0.1) is 0 Å². The molecule has 0 fully saturated rings. The van der Waals surface area contributed by atoms with Crippen LogP contribution in [-0.2, 0) is 0 Å². The highest BCUT2D eigenvalue weighted by molar-refractivity contribution is 6.17. The van der Waals surface area contributed by atoms with E-state index < -0.39 is 164 Å². The Hall–Kier alpha value is -5.92. The average Bonchev–Trinajstić information content (AvgIpc) is 3.72. The molecule has 0 unspecified atom stereocenters. The quantitative estimate of drug-likeness (QED) is 0.170. The molecule has 1 nitrogen and oxygen atoms in total. The summed E-state index contributed by atoms with van der Waals surface area (Å²) >= 11 is 0. The van der Waals surface area contributed by atoms with Crippen molar-refractivity contribution in [1.29, 1.82) is 0 Å². The van der Waals surface area contributed by atoms with Crippen LogP contribution in [0.2, 0.25) is 0 Å². The van der Waals surface area contributed by atoms with Crippen LogP contribution in [0.4, 0.5) is 0 Å². The zero-order valence-corrected chi connectivity index (χ0v) is 23.2. The van der Waals surface area contributed by atoms with Gasteiger partial charge in [0.1, 0.15) is 11.2 Å². The Bertz CT molecular complexity index is 3310. The summed E-state index contributed by atoms with van der Waals surface area (Å²) in [5.74, 6) is 0. The van der Waals surface area contributed by atoms with Gasteiger partial charge in [-0.1, -0.05) is 153 Å². The fourth-order valence-corrected chi connectivity index (χ4v) is 5.57. The van der Waals surface area contributed by atoms with Crippen molar-refractivity contribution in [3.63, 3.8) is 0 Å². The van der Waals surface area contributed by atoms with E-state index in [-0.39, 0.29) is 27.7 Å². The summed E-state index contributed by atoms with van der Waals surface area (Å²) in [6.07, 6.45) is 0. The second-order valence-corrected chi connectivity index (χ2v) is 9.54. The fraction of sp³-hybridized carbons (Fsp3) is 0. The third kappa shape index (κ3) is 4.49. The van der Waals surface area contributed by atoms with E-state index in [0.717, 1.165) is 0 Å². The van der Waals surface area contributed by atoms with Gasteiger partial charge in [0, 0.05) is 16.3 Å². The van der Waals surface area contributed by atoms with Crippen LogP contribution in [0.5, 0.6) is 0 Å². The molecule has 7 aromatic rings. The van der Waals surface area contributed by atoms with E-state index in [9.17, 15) is 11.0 Å². The molecular formula is C44H32O. The van der Waals surface area contributed by atoms with Crippen molar-refractivity contribution in [3.05, 3.63) is 169 Å². The van der Waals surface area contributed by atoms with E-state index in [1.807, 2.05) is 0 Å². The van der Waals surface area contributed by atoms with E-state index in [1.165, 1.54) is 12.1 Å². The molecule has 0 saturated heterocycles. The molecule has 0 spiro atoms. The Labute approximate surface area is 295 Å². The molecule has 0 aliphatic heterocycles. The SMILES string of the molecule is [2H]C=C([2H])c1c(C([2H])=C[2H])c(-c2c([2H])c([2H])c([2H])c([2H])c2-c2c([2H])c([2H])c([2H])c([2H])c2[2H])c(C([2H])=C[2H])c(C([2H])=C[2H])c1-c1ccc2oc3ccccc3c2c1-c1c([2H])c([2H])c([2H])c([2H])c1[2H]. The number of rotatable bonds is 8. The minimum Gasteiger partial charge on any atom is -0.456 e. The van der Waals surface area contributed by atoms with Crippen molar-refractivity contribution in [1.82, 2.24) is 0 Å². The first kappa shape index (κ1) is 12.6. The molecule has 6 aromatic carbocycles. The first-order valence-electron chi connectivity index (χ1n) is 24.6. The Morgan fingerprint density at radius 1 is 0.511 bits per heavy atom. The molecule has 0 N–H and O–H groups in total. The Morgan fingerprint density at radius 3 is 1.67 bits per heavy atom. The van der Waals surface area contributed by atoms with Gasteiger partial charge in [0.15, 0.2) is 0 Å². The summed E-state index contributed by atoms with van der Waals surface area (Å²) < 4.78 is 201. The van der Waals surface area contributed by atoms with Gasteiger partial charge in [-0.05, 0) is 79.4 Å². The number of hydrogen-bond acceptors (Lipinski definition) is 1. The summed E-state index contributed by atoms with van der Waals surface area (Å²) in [6.45, 7) is 1.86. The summed E-state index contributed by atoms with van der Waals surface area (Å²) in [6, 6.07) is -6.41. The van der Waals surface area contributed by atoms with Crippen LogP contribution in [0.3, 0.4) is 0 Å². The highest BCUT2D eigenvalue weighted by Crippen LogP contribution is 2.49. The van der Waals surface area contributed by atoms with Crippen LogP contribution in [0.1, 0.15) is 52.4 Å². The standard InChI is InChI=1S/C44H32O/c1-5-31-33(7-3)43(34(8-4)32(6-2)42(31)36-24-16-15-23-35(36)29-19-11-9-12-20-29)38-27-28-40-44(37-25-17-18-26-39(37)45-40)41(38)30-21-13-10-14-22-30/h5-28H,1-4H2/i1D,2D,3D,4D,5D,6D,7D,8D,9D,10D,11D,12D,13D,14D,15D,16D,19D,20D,21D,22D,23D,24D. The maximum atomic E-state index is 9.41. The van der Waals surface area contributed by atoms with Crippen LogP contribution in [0.25, 0.3) is 90.7 Å². The maximum Gasteiger partial charge on any atom is 0.136 e. The van der Waals surface area contributed by atoms with Gasteiger partial charge in [-0.2, -0.15) is 0 Å². The summed E-state index contributed by atoms with van der Waals surface area (Å²) in [4.78, 5) is 0. The Morgan fingerprint density at radius 2 is 1.04 bits per heavy atom. The lowest BCUT2D eigenvalue weighted by Gasteiger charge is -2.25. The fourth-order valence-electron chi connectivity index (χ4n) is 5.57. The molecular weight excluding hydrogens is 544 g/mol. The molecule has 1 aromatic heterocycles. The molecule has 0 aliphatic carbocycles. The van der Waals surface area contributed by atoms with Crippen LogP contribution in [-0.4, -0.2) is 0 Å². The van der Waals surface area contributed by atoms with Gasteiger partial charge < -0.3 is 4.42 Å². The number of fused-ring (bicyclic) bond motifs is 3. The van der Waals surface area contributed by atoms with Gasteiger partial charge in [-0.15, -0.1) is 0 Å². The summed E-state index contributed by atoms with van der Waals surface area (Å²) in [7, 11) is 0. The predicted molar refractivity (Wildman–Crippen MR) is 196 cm³/mol. The molecule has 214 valence electrons. The van der Waals surface area contributed by atoms with Crippen LogP contribution < -0.4 is 0 Å². The molecule has 0 saturated carbocycles. The molecule has 0 amide bonds. The smallest absolute Gasteiger partial charge is 0.136 e. The third-order valence-electron chi connectivity index (χ3n) is 7.33. The molecule has 45 heavy (non-hydrogen) atoms. The minimum absolute atomic E-state index is 0.110. The number of hydrogen-bond donors (Lipinski definition) is 0. The molecule has 0 atom stereocenters. The molecule has 7 rings (SSSR count). The monoisotopic (exact) mass is 598 g/mol. The highest BCUT2D eigenvalue weighted by Gasteiger charge is 2.26. The lowest BCUT2D eigenvalue weighted by atomic mass is 9.78. The number of benzene rings is 6. The van der Waals surface area contributed by atoms with E-state index in [4.69, 9.17) is 23.6 Å². The van der Waals surface area contributed by atoms with Gasteiger partial charge in [0.05, 0.1) is 30.2 Å². The Balaban J connectivity index is 1.93. The largest absolute Gasteiger partial charge is 0.456 e. The van der Waals surface area contributed by atoms with Crippen molar-refractivity contribution in [2.45, 2.75) is 0 Å². The summed E-state index contributed by atoms with van der Waals surface area (Å²) in [5, 5.41) is 0.469. The minimum atomic E-state index is -1.00. The van der Waals surface area contributed by atoms with Crippen molar-refractivity contribution < 1.29 is 34.6 Å². The second-order valence-electron chi connectivity index (χ2n) is 9.54. The van der Waals surface area contributed by atoms with E-state index in [0.29, 0.717) is 31.6 Å². The van der Waals surface area contributed by atoms with E-state index in [2.05, 4.69) is 0 Å². The van der Waals surface area contributed by atoms with Crippen molar-refractivity contribution in [2.24, 2.45) is 0 Å². The molecule has 0 radical (unpaired) electrons. The van der Waals surface area contributed by atoms with Gasteiger partial charge in [-0.25, -0.2) is 0 Å². The second kappa shape index (κ2) is 11.6. The summed E-state index contributed by atoms with van der Waals surface area (Å²) in [5.41, 5.74) is -6.47.